The van der Waals surface area contributed by atoms with Crippen LogP contribution in [0.1, 0.15) is 44.0 Å². The molecular weight excluding hydrogens is 380 g/mol. The van der Waals surface area contributed by atoms with E-state index < -0.39 is 0 Å². The van der Waals surface area contributed by atoms with Crippen LogP contribution in [0.4, 0.5) is 0 Å². The zero-order valence-corrected chi connectivity index (χ0v) is 18.4. The SMILES string of the molecule is CN1CCOC[C@@H]1c1nc(COc2ccc(C(C)(C)C)cc2)nn1-c1ccnn1C. The Morgan fingerprint density at radius 1 is 1.13 bits per heavy atom. The summed E-state index contributed by atoms with van der Waals surface area (Å²) in [7, 11) is 3.98. The van der Waals surface area contributed by atoms with Gasteiger partial charge in [0.2, 0.25) is 0 Å². The summed E-state index contributed by atoms with van der Waals surface area (Å²) in [4.78, 5) is 7.06. The summed E-state index contributed by atoms with van der Waals surface area (Å²) in [6.07, 6.45) is 1.76. The van der Waals surface area contributed by atoms with Crippen LogP contribution in [0.25, 0.3) is 5.82 Å². The summed E-state index contributed by atoms with van der Waals surface area (Å²) < 4.78 is 15.3. The van der Waals surface area contributed by atoms with Gasteiger partial charge in [-0.3, -0.25) is 9.58 Å². The first-order valence-corrected chi connectivity index (χ1v) is 10.3. The van der Waals surface area contributed by atoms with Crippen molar-refractivity contribution in [2.24, 2.45) is 7.05 Å². The third kappa shape index (κ3) is 4.24. The third-order valence-corrected chi connectivity index (χ3v) is 5.47. The molecule has 0 spiro atoms. The first-order chi connectivity index (χ1) is 14.3. The van der Waals surface area contributed by atoms with Gasteiger partial charge in [-0.2, -0.15) is 9.78 Å². The van der Waals surface area contributed by atoms with Crippen molar-refractivity contribution >= 4 is 0 Å². The molecule has 1 aromatic carbocycles. The average molecular weight is 411 g/mol. The van der Waals surface area contributed by atoms with Gasteiger partial charge in [-0.1, -0.05) is 32.9 Å². The number of aryl methyl sites for hydroxylation is 1. The highest BCUT2D eigenvalue weighted by Crippen LogP contribution is 2.26. The third-order valence-electron chi connectivity index (χ3n) is 5.47. The molecule has 8 nitrogen and oxygen atoms in total. The fraction of sp³-hybridized carbons (Fsp3) is 0.500. The van der Waals surface area contributed by atoms with Crippen molar-refractivity contribution in [1.82, 2.24) is 29.4 Å². The first-order valence-electron chi connectivity index (χ1n) is 10.3. The van der Waals surface area contributed by atoms with Crippen LogP contribution in [0.3, 0.4) is 0 Å². The number of hydrogen-bond acceptors (Lipinski definition) is 6. The Morgan fingerprint density at radius 3 is 2.53 bits per heavy atom. The van der Waals surface area contributed by atoms with E-state index >= 15 is 0 Å². The minimum absolute atomic E-state index is 0.0287. The summed E-state index contributed by atoms with van der Waals surface area (Å²) in [5, 5.41) is 9.01. The van der Waals surface area contributed by atoms with Crippen molar-refractivity contribution in [2.45, 2.75) is 38.8 Å². The van der Waals surface area contributed by atoms with Gasteiger partial charge in [-0.15, -0.1) is 5.10 Å². The smallest absolute Gasteiger partial charge is 0.189 e. The van der Waals surface area contributed by atoms with Gasteiger partial charge in [0.05, 0.1) is 25.5 Å². The van der Waals surface area contributed by atoms with E-state index in [0.717, 1.165) is 30.5 Å². The molecule has 8 heteroatoms. The lowest BCUT2D eigenvalue weighted by Crippen LogP contribution is -2.38. The molecule has 3 aromatic rings. The Hall–Kier alpha value is -2.71. The zero-order chi connectivity index (χ0) is 21.3. The maximum atomic E-state index is 5.98. The fourth-order valence-electron chi connectivity index (χ4n) is 3.55. The molecule has 0 amide bonds. The summed E-state index contributed by atoms with van der Waals surface area (Å²) >= 11 is 0. The van der Waals surface area contributed by atoms with E-state index in [1.807, 2.05) is 29.9 Å². The van der Waals surface area contributed by atoms with Crippen molar-refractivity contribution < 1.29 is 9.47 Å². The molecule has 3 heterocycles. The number of ether oxygens (including phenoxy) is 2. The van der Waals surface area contributed by atoms with Crippen molar-refractivity contribution in [3.63, 3.8) is 0 Å². The Kier molecular flexibility index (Phi) is 5.62. The van der Waals surface area contributed by atoms with Gasteiger partial charge in [-0.05, 0) is 30.2 Å². The lowest BCUT2D eigenvalue weighted by atomic mass is 9.87. The molecular formula is C22H30N6O2. The minimum Gasteiger partial charge on any atom is -0.486 e. The summed E-state index contributed by atoms with van der Waals surface area (Å²) in [6.45, 7) is 9.07. The van der Waals surface area contributed by atoms with E-state index in [0.29, 0.717) is 19.0 Å². The average Bonchev–Trinajstić information content (AvgIpc) is 3.32. The van der Waals surface area contributed by atoms with Gasteiger partial charge in [0.15, 0.2) is 17.5 Å². The molecule has 160 valence electrons. The fourth-order valence-corrected chi connectivity index (χ4v) is 3.55. The van der Waals surface area contributed by atoms with Crippen LogP contribution >= 0.6 is 0 Å². The minimum atomic E-state index is 0.0287. The molecule has 1 aliphatic rings. The maximum Gasteiger partial charge on any atom is 0.189 e. The number of morpholine rings is 1. The Labute approximate surface area is 177 Å². The van der Waals surface area contributed by atoms with Gasteiger partial charge in [0, 0.05) is 19.7 Å². The molecule has 1 atom stereocenters. The van der Waals surface area contributed by atoms with E-state index in [-0.39, 0.29) is 11.5 Å². The number of aromatic nitrogens is 5. The normalized spacial score (nSPS) is 18.0. The van der Waals surface area contributed by atoms with Gasteiger partial charge in [0.25, 0.3) is 0 Å². The lowest BCUT2D eigenvalue weighted by Gasteiger charge is -2.31. The van der Waals surface area contributed by atoms with E-state index in [2.05, 4.69) is 50.0 Å². The van der Waals surface area contributed by atoms with Crippen molar-refractivity contribution in [1.29, 1.82) is 0 Å². The van der Waals surface area contributed by atoms with Gasteiger partial charge in [0.1, 0.15) is 12.4 Å². The molecule has 1 aliphatic heterocycles. The van der Waals surface area contributed by atoms with Crippen molar-refractivity contribution in [2.75, 3.05) is 26.8 Å². The van der Waals surface area contributed by atoms with E-state index in [1.165, 1.54) is 5.56 Å². The summed E-state index contributed by atoms with van der Waals surface area (Å²) in [5.74, 6) is 3.13. The Bertz CT molecular complexity index is 986. The maximum absolute atomic E-state index is 5.98. The van der Waals surface area contributed by atoms with Crippen LogP contribution in [0.15, 0.2) is 36.5 Å². The van der Waals surface area contributed by atoms with Gasteiger partial charge in [-0.25, -0.2) is 4.98 Å². The van der Waals surface area contributed by atoms with Crippen LogP contribution in [0.5, 0.6) is 5.75 Å². The quantitative estimate of drug-likeness (QED) is 0.644. The van der Waals surface area contributed by atoms with Crippen LogP contribution in [-0.4, -0.2) is 56.3 Å². The Balaban J connectivity index is 1.57. The molecule has 0 radical (unpaired) electrons. The number of rotatable bonds is 5. The van der Waals surface area contributed by atoms with Crippen molar-refractivity contribution in [3.8, 4) is 11.6 Å². The van der Waals surface area contributed by atoms with Crippen LogP contribution < -0.4 is 4.74 Å². The van der Waals surface area contributed by atoms with Crippen LogP contribution in [0.2, 0.25) is 0 Å². The molecule has 4 rings (SSSR count). The number of likely N-dealkylation sites (N-methyl/N-ethyl adjacent to an activating group) is 1. The summed E-state index contributed by atoms with van der Waals surface area (Å²) in [5.41, 5.74) is 1.39. The molecule has 1 fully saturated rings. The van der Waals surface area contributed by atoms with Gasteiger partial charge >= 0.3 is 0 Å². The first kappa shape index (κ1) is 20.6. The predicted octanol–water partition coefficient (Wildman–Crippen LogP) is 2.88. The molecule has 1 saturated heterocycles. The Morgan fingerprint density at radius 2 is 1.90 bits per heavy atom. The molecule has 0 bridgehead atoms. The molecule has 0 aliphatic carbocycles. The second-order valence-corrected chi connectivity index (χ2v) is 8.75. The molecule has 30 heavy (non-hydrogen) atoms. The molecule has 0 N–H and O–H groups in total. The monoisotopic (exact) mass is 410 g/mol. The second-order valence-electron chi connectivity index (χ2n) is 8.75. The highest BCUT2D eigenvalue weighted by Gasteiger charge is 2.28. The molecule has 2 aromatic heterocycles. The largest absolute Gasteiger partial charge is 0.486 e. The molecule has 0 unspecified atom stereocenters. The van der Waals surface area contributed by atoms with E-state index in [1.54, 1.807) is 10.9 Å². The number of benzene rings is 1. The summed E-state index contributed by atoms with van der Waals surface area (Å²) in [6, 6.07) is 10.2. The van der Waals surface area contributed by atoms with Crippen LogP contribution in [0, 0.1) is 0 Å². The topological polar surface area (TPSA) is 70.2 Å². The molecule has 0 saturated carbocycles. The zero-order valence-electron chi connectivity index (χ0n) is 18.4. The van der Waals surface area contributed by atoms with E-state index in [4.69, 9.17) is 19.6 Å². The highest BCUT2D eigenvalue weighted by atomic mass is 16.5. The van der Waals surface area contributed by atoms with Crippen LogP contribution in [-0.2, 0) is 23.8 Å². The van der Waals surface area contributed by atoms with E-state index in [9.17, 15) is 0 Å². The van der Waals surface area contributed by atoms with Crippen molar-refractivity contribution in [3.05, 3.63) is 53.7 Å². The predicted molar refractivity (Wildman–Crippen MR) is 114 cm³/mol. The number of hydrogen-bond donors (Lipinski definition) is 0. The van der Waals surface area contributed by atoms with Gasteiger partial charge < -0.3 is 9.47 Å². The lowest BCUT2D eigenvalue weighted by molar-refractivity contribution is 0.000974. The standard InChI is InChI=1S/C22H30N6O2/c1-22(2,3)16-6-8-17(9-7-16)30-15-19-24-21(18-14-29-13-12-26(18)4)28(25-19)20-10-11-23-27(20)5/h6-11,18H,12-15H2,1-5H3/t18-/m1/s1. The highest BCUT2D eigenvalue weighted by molar-refractivity contribution is 5.31. The second kappa shape index (κ2) is 8.20. The number of nitrogens with zero attached hydrogens (tertiary/aromatic N) is 6.